The molecule has 0 amide bonds. The molecule has 2 fully saturated rings. The number of hydrogen-bond donors (Lipinski definition) is 2. The van der Waals surface area contributed by atoms with E-state index in [2.05, 4.69) is 0 Å². The van der Waals surface area contributed by atoms with Crippen LogP contribution >= 0.6 is 0 Å². The van der Waals surface area contributed by atoms with E-state index in [9.17, 15) is 15.0 Å². The molecule has 28 heavy (non-hydrogen) atoms. The van der Waals surface area contributed by atoms with Crippen LogP contribution in [-0.4, -0.2) is 54.1 Å². The number of aliphatic hydroxyl groups is 2. The third kappa shape index (κ3) is 4.31. The Morgan fingerprint density at radius 1 is 1.14 bits per heavy atom. The molecule has 3 rings (SSSR count). The average molecular weight is 409 g/mol. The van der Waals surface area contributed by atoms with Crippen molar-refractivity contribution in [2.24, 2.45) is 0 Å². The van der Waals surface area contributed by atoms with Crippen molar-refractivity contribution in [1.82, 2.24) is 0 Å². The summed E-state index contributed by atoms with van der Waals surface area (Å²) < 4.78 is 23.4. The Morgan fingerprint density at radius 3 is 2.39 bits per heavy atom. The summed E-state index contributed by atoms with van der Waals surface area (Å²) in [5, 5.41) is 20.5. The summed E-state index contributed by atoms with van der Waals surface area (Å²) in [5.74, 6) is -2.06. The second-order valence-electron chi connectivity index (χ2n) is 8.60. The molecule has 0 saturated carbocycles. The Bertz CT molecular complexity index is 754. The lowest BCUT2D eigenvalue weighted by Gasteiger charge is -2.26. The Hall–Kier alpha value is -1.71. The van der Waals surface area contributed by atoms with Crippen molar-refractivity contribution in [2.75, 3.05) is 0 Å². The Morgan fingerprint density at radius 2 is 1.79 bits per heavy atom. The van der Waals surface area contributed by atoms with E-state index < -0.39 is 55.4 Å². The molecule has 0 aromatic heterocycles. The van der Waals surface area contributed by atoms with Crippen LogP contribution in [0.4, 0.5) is 0 Å². The minimum Gasteiger partial charge on any atom is -0.506 e. The first kappa shape index (κ1) is 21.0. The van der Waals surface area contributed by atoms with Crippen LogP contribution in [0.15, 0.2) is 41.9 Å². The van der Waals surface area contributed by atoms with E-state index in [-0.39, 0.29) is 6.61 Å². The van der Waals surface area contributed by atoms with E-state index in [1.165, 1.54) is 0 Å². The summed E-state index contributed by atoms with van der Waals surface area (Å²) in [4.78, 5) is 12.4. The molecular weight excluding hydrogens is 380 g/mol. The largest absolute Gasteiger partial charge is 0.506 e. The number of carbonyl (C=O) groups is 1. The fraction of sp³-hybridized carbons (Fsp3) is 0.550. The molecule has 8 heteroatoms. The number of carbonyl (C=O) groups excluding carboxylic acids is 1. The maximum atomic E-state index is 12.4. The predicted octanol–water partition coefficient (Wildman–Crippen LogP) is 3.22. The van der Waals surface area contributed by atoms with Crippen molar-refractivity contribution in [1.29, 1.82) is 0 Å². The third-order valence-corrected chi connectivity index (χ3v) is 6.28. The Labute approximate surface area is 165 Å². The van der Waals surface area contributed by atoms with Gasteiger partial charge >= 0.3 is 0 Å². The van der Waals surface area contributed by atoms with Crippen LogP contribution in [0, 0.1) is 0 Å². The summed E-state index contributed by atoms with van der Waals surface area (Å²) in [6, 6.07) is 9.54. The van der Waals surface area contributed by atoms with Crippen LogP contribution in [0.2, 0.25) is 19.6 Å². The van der Waals surface area contributed by atoms with Crippen LogP contribution in [0.3, 0.4) is 0 Å². The number of aliphatic hydroxyl groups excluding tert-OH is 2. The van der Waals surface area contributed by atoms with Crippen LogP contribution in [0.25, 0.3) is 0 Å². The molecule has 0 radical (unpaired) electrons. The monoisotopic (exact) mass is 408 g/mol. The average Bonchev–Trinajstić information content (AvgIpc) is 3.09. The van der Waals surface area contributed by atoms with Crippen molar-refractivity contribution >= 4 is 13.5 Å². The number of benzene rings is 1. The van der Waals surface area contributed by atoms with Gasteiger partial charge in [-0.25, -0.2) is 0 Å². The second-order valence-corrected chi connectivity index (χ2v) is 13.6. The molecule has 1 aromatic carbocycles. The van der Waals surface area contributed by atoms with E-state index in [0.717, 1.165) is 5.56 Å². The van der Waals surface area contributed by atoms with Crippen LogP contribution in [0.1, 0.15) is 19.4 Å². The maximum Gasteiger partial charge on any atom is 0.194 e. The minimum absolute atomic E-state index is 0.258. The summed E-state index contributed by atoms with van der Waals surface area (Å²) in [6.07, 6.45) is -3.17. The van der Waals surface area contributed by atoms with Gasteiger partial charge < -0.3 is 29.2 Å². The van der Waals surface area contributed by atoms with E-state index in [0.29, 0.717) is 0 Å². The lowest BCUT2D eigenvalue weighted by Crippen LogP contribution is -2.40. The summed E-state index contributed by atoms with van der Waals surface area (Å²) in [6.45, 7) is 9.16. The topological polar surface area (TPSA) is 94.5 Å². The number of fused-ring (bicyclic) bond motifs is 1. The highest BCUT2D eigenvalue weighted by atomic mass is 28.3. The molecule has 0 spiro atoms. The van der Waals surface area contributed by atoms with E-state index in [1.54, 1.807) is 33.5 Å². The van der Waals surface area contributed by atoms with Crippen LogP contribution < -0.4 is 0 Å². The Balaban J connectivity index is 1.85. The molecule has 2 heterocycles. The van der Waals surface area contributed by atoms with Crippen LogP contribution in [-0.2, 0) is 30.3 Å². The fourth-order valence-electron chi connectivity index (χ4n) is 3.25. The molecular formula is C20H28O7Si. The highest BCUT2D eigenvalue weighted by Crippen LogP contribution is 2.41. The van der Waals surface area contributed by atoms with E-state index in [4.69, 9.17) is 18.9 Å². The molecule has 1 aromatic rings. The molecule has 2 aliphatic rings. The SMILES string of the molecule is CC1(C)O[C@H]2O[C@H](/C(O)=C(\O)C(=O)[Si](C)(C)C)[C@@H](OCc3ccccc3)[C@H]2O1. The zero-order valence-corrected chi connectivity index (χ0v) is 17.8. The van der Waals surface area contributed by atoms with Crippen molar-refractivity contribution in [2.45, 2.75) is 70.5 Å². The van der Waals surface area contributed by atoms with Crippen molar-refractivity contribution in [3.8, 4) is 0 Å². The first-order valence-corrected chi connectivity index (χ1v) is 12.8. The number of allylic oxidation sites excluding steroid dienone is 1. The summed E-state index contributed by atoms with van der Waals surface area (Å²) in [7, 11) is -2.35. The van der Waals surface area contributed by atoms with Gasteiger partial charge in [-0.05, 0) is 19.4 Å². The van der Waals surface area contributed by atoms with Gasteiger partial charge in [-0.1, -0.05) is 50.0 Å². The Kier molecular flexibility index (Phi) is 5.71. The van der Waals surface area contributed by atoms with Crippen molar-refractivity contribution in [3.63, 3.8) is 0 Å². The maximum absolute atomic E-state index is 12.4. The second kappa shape index (κ2) is 7.60. The smallest absolute Gasteiger partial charge is 0.194 e. The van der Waals surface area contributed by atoms with E-state index in [1.807, 2.05) is 30.3 Å². The van der Waals surface area contributed by atoms with Crippen molar-refractivity contribution in [3.05, 3.63) is 47.4 Å². The fourth-order valence-corrected chi connectivity index (χ4v) is 4.09. The van der Waals surface area contributed by atoms with Gasteiger partial charge in [0.1, 0.15) is 20.3 Å². The molecule has 0 bridgehead atoms. The van der Waals surface area contributed by atoms with Gasteiger partial charge in [-0.3, -0.25) is 4.79 Å². The minimum atomic E-state index is -2.35. The quantitative estimate of drug-likeness (QED) is 0.424. The zero-order chi connectivity index (χ0) is 20.7. The lowest BCUT2D eigenvalue weighted by molar-refractivity contribution is -0.217. The molecule has 0 unspecified atom stereocenters. The molecule has 4 atom stereocenters. The number of ether oxygens (including phenoxy) is 4. The van der Waals surface area contributed by atoms with Gasteiger partial charge in [-0.2, -0.15) is 0 Å². The first-order chi connectivity index (χ1) is 13.0. The molecule has 0 aliphatic carbocycles. The summed E-state index contributed by atoms with van der Waals surface area (Å²) >= 11 is 0. The zero-order valence-electron chi connectivity index (χ0n) is 16.8. The van der Waals surface area contributed by atoms with Gasteiger partial charge in [0.15, 0.2) is 35.1 Å². The summed E-state index contributed by atoms with van der Waals surface area (Å²) in [5.41, 5.74) is 0.939. The third-order valence-electron chi connectivity index (χ3n) is 4.68. The molecule has 2 aliphatic heterocycles. The predicted molar refractivity (Wildman–Crippen MR) is 104 cm³/mol. The highest BCUT2D eigenvalue weighted by molar-refractivity contribution is 7.05. The molecule has 2 saturated heterocycles. The lowest BCUT2D eigenvalue weighted by atomic mass is 10.1. The number of rotatable bonds is 6. The number of hydrogen-bond acceptors (Lipinski definition) is 7. The van der Waals surface area contributed by atoms with E-state index >= 15 is 0 Å². The van der Waals surface area contributed by atoms with Gasteiger partial charge in [0.25, 0.3) is 0 Å². The molecule has 154 valence electrons. The highest BCUT2D eigenvalue weighted by Gasteiger charge is 2.57. The molecule has 7 nitrogen and oxygen atoms in total. The van der Waals surface area contributed by atoms with Crippen molar-refractivity contribution < 1.29 is 34.0 Å². The normalized spacial score (nSPS) is 30.0. The van der Waals surface area contributed by atoms with Gasteiger partial charge in [0.2, 0.25) is 0 Å². The first-order valence-electron chi connectivity index (χ1n) is 9.33. The standard InChI is InChI=1S/C20H28O7Si/c1-20(2)26-17-16(24-11-12-9-7-6-8-10-12)15(25-19(17)27-20)13(21)14(22)18(23)28(3,4)5/h6-10,15-17,19,21-22H,11H2,1-5H3/b14-13+/t15-,16-,17-,19-/m1/s1. The van der Waals surface area contributed by atoms with Crippen LogP contribution in [0.5, 0.6) is 0 Å². The molecule has 2 N–H and O–H groups in total. The van der Waals surface area contributed by atoms with Gasteiger partial charge in [0.05, 0.1) is 6.61 Å². The van der Waals surface area contributed by atoms with Gasteiger partial charge in [0, 0.05) is 0 Å². The van der Waals surface area contributed by atoms with Gasteiger partial charge in [-0.15, -0.1) is 0 Å².